The minimum absolute atomic E-state index is 0.241. The van der Waals surface area contributed by atoms with Crippen molar-refractivity contribution in [2.24, 2.45) is 4.99 Å². The van der Waals surface area contributed by atoms with Crippen molar-refractivity contribution in [2.75, 3.05) is 7.11 Å². The Morgan fingerprint density at radius 3 is 2.38 bits per heavy atom. The molecule has 0 saturated carbocycles. The van der Waals surface area contributed by atoms with Crippen LogP contribution in [0.3, 0.4) is 0 Å². The summed E-state index contributed by atoms with van der Waals surface area (Å²) in [6.45, 7) is 4.11. The maximum absolute atomic E-state index is 12.6. The highest BCUT2D eigenvalue weighted by molar-refractivity contribution is 7.99. The van der Waals surface area contributed by atoms with Gasteiger partial charge in [0, 0.05) is 21.4 Å². The van der Waals surface area contributed by atoms with Gasteiger partial charge in [0.05, 0.1) is 12.6 Å². The smallest absolute Gasteiger partial charge is 0.363 e. The van der Waals surface area contributed by atoms with E-state index in [1.807, 2.05) is 31.2 Å². The highest BCUT2D eigenvalue weighted by atomic mass is 32.2. The number of esters is 1. The van der Waals surface area contributed by atoms with E-state index in [4.69, 9.17) is 14.5 Å². The monoisotopic (exact) mass is 466 g/mol. The first-order valence-electron chi connectivity index (χ1n) is 10.8. The highest BCUT2D eigenvalue weighted by Crippen LogP contribution is 2.33. The summed E-state index contributed by atoms with van der Waals surface area (Å²) in [7, 11) is 1.61. The summed E-state index contributed by atoms with van der Waals surface area (Å²) in [5.41, 5.74) is 5.01. The number of benzene rings is 3. The van der Waals surface area contributed by atoms with Crippen molar-refractivity contribution >= 4 is 40.6 Å². The number of hydrogen-bond acceptors (Lipinski definition) is 6. The van der Waals surface area contributed by atoms with E-state index in [1.165, 1.54) is 5.56 Å². The molecule has 0 aliphatic carbocycles. The number of aliphatic imine (C=N–C) groups is 1. The van der Waals surface area contributed by atoms with Crippen LogP contribution in [0.5, 0.6) is 5.75 Å². The van der Waals surface area contributed by atoms with Crippen molar-refractivity contribution in [2.45, 2.75) is 23.8 Å². The molecule has 0 atom stereocenters. The maximum atomic E-state index is 12.6. The van der Waals surface area contributed by atoms with Crippen molar-refractivity contribution in [3.05, 3.63) is 101 Å². The topological polar surface area (TPSA) is 60.8 Å². The molecule has 2 heterocycles. The first kappa shape index (κ1) is 21.9. The fourth-order valence-electron chi connectivity index (χ4n) is 3.59. The third-order valence-electron chi connectivity index (χ3n) is 5.45. The predicted molar refractivity (Wildman–Crippen MR) is 135 cm³/mol. The summed E-state index contributed by atoms with van der Waals surface area (Å²) in [6.07, 6.45) is 1.75. The number of pyridine rings is 1. The van der Waals surface area contributed by atoms with Gasteiger partial charge in [-0.15, -0.1) is 0 Å². The Bertz CT molecular complexity index is 1460. The molecule has 3 aromatic carbocycles. The quantitative estimate of drug-likeness (QED) is 0.253. The number of hydrogen-bond donors (Lipinski definition) is 0. The van der Waals surface area contributed by atoms with Crippen LogP contribution >= 0.6 is 11.8 Å². The summed E-state index contributed by atoms with van der Waals surface area (Å²) in [4.78, 5) is 23.1. The van der Waals surface area contributed by atoms with Gasteiger partial charge in [-0.05, 0) is 74.0 Å². The lowest BCUT2D eigenvalue weighted by molar-refractivity contribution is -0.129. The van der Waals surface area contributed by atoms with Crippen LogP contribution in [0.4, 0.5) is 0 Å². The molecule has 6 heteroatoms. The average Bonchev–Trinajstić information content (AvgIpc) is 3.21. The van der Waals surface area contributed by atoms with Gasteiger partial charge in [0.2, 0.25) is 5.90 Å². The highest BCUT2D eigenvalue weighted by Gasteiger charge is 2.25. The molecule has 0 radical (unpaired) electrons. The third kappa shape index (κ3) is 4.58. The molecule has 34 heavy (non-hydrogen) atoms. The second kappa shape index (κ2) is 9.15. The lowest BCUT2D eigenvalue weighted by atomic mass is 10.1. The Hall–Kier alpha value is -3.90. The van der Waals surface area contributed by atoms with Gasteiger partial charge in [0.15, 0.2) is 5.70 Å². The molecule has 0 saturated heterocycles. The zero-order chi connectivity index (χ0) is 23.7. The van der Waals surface area contributed by atoms with Crippen molar-refractivity contribution < 1.29 is 14.3 Å². The van der Waals surface area contributed by atoms with E-state index in [1.54, 1.807) is 37.1 Å². The average molecular weight is 467 g/mol. The van der Waals surface area contributed by atoms with Crippen LogP contribution in [0.25, 0.3) is 17.0 Å². The van der Waals surface area contributed by atoms with E-state index >= 15 is 0 Å². The van der Waals surface area contributed by atoms with Crippen LogP contribution in [0.1, 0.15) is 22.3 Å². The molecule has 168 valence electrons. The lowest BCUT2D eigenvalue weighted by Gasteiger charge is -2.09. The number of aryl methyl sites for hydroxylation is 2. The number of carbonyl (C=O) groups excluding carboxylic acids is 1. The Labute approximate surface area is 202 Å². The summed E-state index contributed by atoms with van der Waals surface area (Å²) < 4.78 is 10.7. The van der Waals surface area contributed by atoms with Crippen molar-refractivity contribution in [1.29, 1.82) is 0 Å². The Morgan fingerprint density at radius 2 is 1.65 bits per heavy atom. The molecule has 0 spiro atoms. The summed E-state index contributed by atoms with van der Waals surface area (Å²) in [5.74, 6) is 0.511. The molecule has 5 rings (SSSR count). The van der Waals surface area contributed by atoms with Crippen molar-refractivity contribution in [3.63, 3.8) is 0 Å². The largest absolute Gasteiger partial charge is 0.497 e. The van der Waals surface area contributed by atoms with E-state index in [2.05, 4.69) is 48.3 Å². The van der Waals surface area contributed by atoms with Crippen LogP contribution in [0.15, 0.2) is 93.4 Å². The first-order valence-corrected chi connectivity index (χ1v) is 11.6. The number of methoxy groups -OCH3 is 1. The van der Waals surface area contributed by atoms with E-state index in [0.717, 1.165) is 37.7 Å². The molecule has 5 nitrogen and oxygen atoms in total. The fourth-order valence-corrected chi connectivity index (χ4v) is 4.47. The molecule has 0 unspecified atom stereocenters. The third-order valence-corrected chi connectivity index (χ3v) is 6.48. The van der Waals surface area contributed by atoms with Crippen LogP contribution in [-0.2, 0) is 9.53 Å². The SMILES string of the molecule is COc1ccc(C2=NC(=Cc3cc4ccc(C)cc4nc3Sc3ccc(C)cc3)C(=O)O2)cc1. The molecular weight excluding hydrogens is 444 g/mol. The summed E-state index contributed by atoms with van der Waals surface area (Å²) >= 11 is 1.56. The van der Waals surface area contributed by atoms with E-state index in [-0.39, 0.29) is 11.6 Å². The minimum atomic E-state index is -0.485. The maximum Gasteiger partial charge on any atom is 0.363 e. The van der Waals surface area contributed by atoms with Crippen molar-refractivity contribution in [1.82, 2.24) is 4.98 Å². The fraction of sp³-hybridized carbons (Fsp3) is 0.107. The van der Waals surface area contributed by atoms with Gasteiger partial charge >= 0.3 is 5.97 Å². The van der Waals surface area contributed by atoms with Gasteiger partial charge in [0.25, 0.3) is 0 Å². The zero-order valence-corrected chi connectivity index (χ0v) is 19.8. The molecule has 0 fully saturated rings. The standard InChI is InChI=1S/C28H22N2O3S/c1-17-5-12-23(13-6-17)34-27-21(15-20-7-4-18(2)14-24(20)30-27)16-25-28(31)33-26(29-25)19-8-10-22(32-3)11-9-19/h4-16H,1-3H3. The van der Waals surface area contributed by atoms with Crippen LogP contribution in [-0.4, -0.2) is 24.0 Å². The second-order valence-corrected chi connectivity index (χ2v) is 9.12. The van der Waals surface area contributed by atoms with Crippen molar-refractivity contribution in [3.8, 4) is 5.75 Å². The zero-order valence-electron chi connectivity index (χ0n) is 19.0. The molecule has 1 aliphatic heterocycles. The number of ether oxygens (including phenoxy) is 2. The Morgan fingerprint density at radius 1 is 0.912 bits per heavy atom. The number of fused-ring (bicyclic) bond motifs is 1. The Balaban J connectivity index is 1.56. The van der Waals surface area contributed by atoms with Gasteiger partial charge in [-0.1, -0.05) is 41.6 Å². The second-order valence-electron chi connectivity index (χ2n) is 8.06. The van der Waals surface area contributed by atoms with Gasteiger partial charge in [-0.25, -0.2) is 14.8 Å². The summed E-state index contributed by atoms with van der Waals surface area (Å²) in [5, 5.41) is 1.80. The summed E-state index contributed by atoms with van der Waals surface area (Å²) in [6, 6.07) is 23.7. The van der Waals surface area contributed by atoms with Crippen LogP contribution < -0.4 is 4.74 Å². The molecule has 1 aliphatic rings. The molecule has 1 aromatic heterocycles. The number of carbonyl (C=O) groups is 1. The van der Waals surface area contributed by atoms with Gasteiger partial charge < -0.3 is 9.47 Å². The van der Waals surface area contributed by atoms with E-state index in [0.29, 0.717) is 5.56 Å². The normalized spacial score (nSPS) is 14.4. The van der Waals surface area contributed by atoms with Gasteiger partial charge in [-0.3, -0.25) is 0 Å². The molecule has 0 amide bonds. The van der Waals surface area contributed by atoms with Gasteiger partial charge in [0.1, 0.15) is 10.8 Å². The molecular formula is C28H22N2O3S. The lowest BCUT2D eigenvalue weighted by Crippen LogP contribution is -2.05. The van der Waals surface area contributed by atoms with E-state index < -0.39 is 5.97 Å². The number of aromatic nitrogens is 1. The Kier molecular flexibility index (Phi) is 5.90. The molecule has 0 N–H and O–H groups in total. The number of cyclic esters (lactones) is 1. The number of rotatable bonds is 5. The van der Waals surface area contributed by atoms with Crippen LogP contribution in [0, 0.1) is 13.8 Å². The molecule has 0 bridgehead atoms. The predicted octanol–water partition coefficient (Wildman–Crippen LogP) is 6.36. The first-order chi connectivity index (χ1) is 16.5. The van der Waals surface area contributed by atoms with Gasteiger partial charge in [-0.2, -0.15) is 0 Å². The minimum Gasteiger partial charge on any atom is -0.497 e. The van der Waals surface area contributed by atoms with Crippen LogP contribution in [0.2, 0.25) is 0 Å². The number of nitrogens with zero attached hydrogens (tertiary/aromatic N) is 2. The molecule has 4 aromatic rings. The van der Waals surface area contributed by atoms with E-state index in [9.17, 15) is 4.79 Å².